The molecule has 0 saturated carbocycles. The van der Waals surface area contributed by atoms with Crippen molar-refractivity contribution in [1.82, 2.24) is 0 Å². The molecule has 3 rings (SSSR count). The largest absolute Gasteiger partial charge is 0.493 e. The zero-order chi connectivity index (χ0) is 24.9. The number of ether oxygens (including phenoxy) is 1. The number of halogens is 1. The smallest absolute Gasteiger partial charge is 0.339 e. The van der Waals surface area contributed by atoms with Crippen molar-refractivity contribution in [1.29, 1.82) is 5.26 Å². The van der Waals surface area contributed by atoms with E-state index >= 15 is 0 Å². The number of anilines is 1. The van der Waals surface area contributed by atoms with Crippen molar-refractivity contribution in [2.45, 2.75) is 18.7 Å². The van der Waals surface area contributed by atoms with Gasteiger partial charge in [0, 0.05) is 5.69 Å². The molecular formula is C25H21ClN2O5S. The van der Waals surface area contributed by atoms with Gasteiger partial charge in [-0.3, -0.25) is 4.79 Å². The summed E-state index contributed by atoms with van der Waals surface area (Å²) in [6.07, 6.45) is 1.32. The number of nitrogens with zero attached hydrogens (tertiary/aromatic N) is 1. The molecule has 0 aliphatic carbocycles. The van der Waals surface area contributed by atoms with E-state index in [1.54, 1.807) is 30.3 Å². The third-order valence-electron chi connectivity index (χ3n) is 4.71. The summed E-state index contributed by atoms with van der Waals surface area (Å²) in [4.78, 5) is 12.5. The molecule has 0 aliphatic heterocycles. The molecule has 34 heavy (non-hydrogen) atoms. The van der Waals surface area contributed by atoms with Gasteiger partial charge in [0.15, 0.2) is 5.75 Å². The van der Waals surface area contributed by atoms with Gasteiger partial charge in [-0.1, -0.05) is 41.4 Å². The van der Waals surface area contributed by atoms with Crippen LogP contribution < -0.4 is 14.2 Å². The van der Waals surface area contributed by atoms with Crippen molar-refractivity contribution in [2.24, 2.45) is 0 Å². The Bertz CT molecular complexity index is 1410. The van der Waals surface area contributed by atoms with Crippen molar-refractivity contribution >= 4 is 39.4 Å². The van der Waals surface area contributed by atoms with E-state index in [1.165, 1.54) is 37.5 Å². The van der Waals surface area contributed by atoms with Crippen LogP contribution in [-0.4, -0.2) is 21.4 Å². The van der Waals surface area contributed by atoms with Crippen LogP contribution in [-0.2, 0) is 14.9 Å². The van der Waals surface area contributed by atoms with Gasteiger partial charge >= 0.3 is 10.1 Å². The Morgan fingerprint density at radius 1 is 1.06 bits per heavy atom. The molecule has 174 valence electrons. The summed E-state index contributed by atoms with van der Waals surface area (Å²) in [6.45, 7) is 3.72. The number of carbonyl (C=O) groups is 1. The van der Waals surface area contributed by atoms with E-state index in [-0.39, 0.29) is 27.0 Å². The fourth-order valence-electron chi connectivity index (χ4n) is 3.00. The number of hydrogen-bond acceptors (Lipinski definition) is 6. The lowest BCUT2D eigenvalue weighted by molar-refractivity contribution is -0.112. The maximum Gasteiger partial charge on any atom is 0.339 e. The van der Waals surface area contributed by atoms with Crippen molar-refractivity contribution < 1.29 is 22.1 Å². The molecule has 0 spiro atoms. The van der Waals surface area contributed by atoms with E-state index in [0.717, 1.165) is 11.1 Å². The van der Waals surface area contributed by atoms with Crippen molar-refractivity contribution in [3.8, 4) is 17.6 Å². The number of nitrogens with one attached hydrogen (secondary N) is 1. The van der Waals surface area contributed by atoms with Gasteiger partial charge in [-0.05, 0) is 67.4 Å². The second-order valence-corrected chi connectivity index (χ2v) is 9.33. The fourth-order valence-corrected chi connectivity index (χ4v) is 4.26. The van der Waals surface area contributed by atoms with Crippen LogP contribution in [0.2, 0.25) is 5.02 Å². The van der Waals surface area contributed by atoms with E-state index in [9.17, 15) is 18.5 Å². The molecule has 1 amide bonds. The number of methoxy groups -OCH3 is 1. The summed E-state index contributed by atoms with van der Waals surface area (Å²) < 4.78 is 35.9. The average Bonchev–Trinajstić information content (AvgIpc) is 2.79. The monoisotopic (exact) mass is 496 g/mol. The molecule has 0 bridgehead atoms. The van der Waals surface area contributed by atoms with E-state index in [2.05, 4.69) is 5.32 Å². The van der Waals surface area contributed by atoms with Gasteiger partial charge in [0.05, 0.1) is 12.1 Å². The molecule has 3 aromatic carbocycles. The molecule has 9 heteroatoms. The first-order valence-corrected chi connectivity index (χ1v) is 11.8. The summed E-state index contributed by atoms with van der Waals surface area (Å²) in [5.74, 6) is -0.791. The molecule has 0 fully saturated rings. The van der Waals surface area contributed by atoms with Crippen molar-refractivity contribution in [2.75, 3.05) is 12.4 Å². The highest BCUT2D eigenvalue weighted by atomic mass is 35.5. The second-order valence-electron chi connectivity index (χ2n) is 7.38. The lowest BCUT2D eigenvalue weighted by Crippen LogP contribution is -2.13. The number of carbonyl (C=O) groups excluding carboxylic acids is 1. The topological polar surface area (TPSA) is 105 Å². The molecule has 0 heterocycles. The normalized spacial score (nSPS) is 11.4. The Balaban J connectivity index is 1.91. The number of rotatable bonds is 7. The first kappa shape index (κ1) is 24.8. The molecule has 0 aliphatic rings. The lowest BCUT2D eigenvalue weighted by Gasteiger charge is -2.13. The Morgan fingerprint density at radius 2 is 1.76 bits per heavy atom. The van der Waals surface area contributed by atoms with E-state index < -0.39 is 16.0 Å². The SMILES string of the molecule is COc1cc(/C=C(\C#N)C(=O)Nc2cccc(C)c2)cc(Cl)c1OS(=O)(=O)c1ccc(C)cc1. The molecule has 0 atom stereocenters. The summed E-state index contributed by atoms with van der Waals surface area (Å²) in [5, 5.41) is 12.1. The Kier molecular flexibility index (Phi) is 7.61. The third-order valence-corrected chi connectivity index (χ3v) is 6.22. The molecule has 0 aromatic heterocycles. The number of hydrogen-bond donors (Lipinski definition) is 1. The first-order chi connectivity index (χ1) is 16.1. The van der Waals surface area contributed by atoms with Crippen LogP contribution in [0.4, 0.5) is 5.69 Å². The Morgan fingerprint density at radius 3 is 2.38 bits per heavy atom. The maximum absolute atomic E-state index is 12.7. The quantitative estimate of drug-likeness (QED) is 0.271. The van der Waals surface area contributed by atoms with Gasteiger partial charge in [-0.2, -0.15) is 13.7 Å². The summed E-state index contributed by atoms with van der Waals surface area (Å²) in [6, 6.07) is 17.9. The second kappa shape index (κ2) is 10.4. The van der Waals surface area contributed by atoms with Gasteiger partial charge in [-0.25, -0.2) is 0 Å². The van der Waals surface area contributed by atoms with Crippen LogP contribution in [0.15, 0.2) is 71.1 Å². The number of aryl methyl sites for hydroxylation is 2. The minimum absolute atomic E-state index is 0.0193. The highest BCUT2D eigenvalue weighted by Gasteiger charge is 2.22. The predicted octanol–water partition coefficient (Wildman–Crippen LogP) is 5.28. The molecule has 7 nitrogen and oxygen atoms in total. The standard InChI is InChI=1S/C25H21ClN2O5S/c1-16-7-9-21(10-8-16)34(30,31)33-24-22(26)13-18(14-23(24)32-3)12-19(15-27)25(29)28-20-6-4-5-17(2)11-20/h4-14H,1-3H3,(H,28,29)/b19-12+. The average molecular weight is 497 g/mol. The highest BCUT2D eigenvalue weighted by Crippen LogP contribution is 2.38. The predicted molar refractivity (Wildman–Crippen MR) is 130 cm³/mol. The van der Waals surface area contributed by atoms with Crippen LogP contribution in [0.25, 0.3) is 6.08 Å². The van der Waals surface area contributed by atoms with Gasteiger partial charge in [0.1, 0.15) is 16.5 Å². The van der Waals surface area contributed by atoms with Crippen LogP contribution in [0.1, 0.15) is 16.7 Å². The first-order valence-electron chi connectivity index (χ1n) is 10.0. The number of nitriles is 1. The van der Waals surface area contributed by atoms with Crippen molar-refractivity contribution in [3.05, 3.63) is 87.9 Å². The Labute approximate surface area is 203 Å². The number of benzene rings is 3. The van der Waals surface area contributed by atoms with Crippen LogP contribution >= 0.6 is 11.6 Å². The molecular weight excluding hydrogens is 476 g/mol. The van der Waals surface area contributed by atoms with Crippen molar-refractivity contribution in [3.63, 3.8) is 0 Å². The van der Waals surface area contributed by atoms with Gasteiger partial charge in [-0.15, -0.1) is 0 Å². The maximum atomic E-state index is 12.7. The molecule has 3 aromatic rings. The highest BCUT2D eigenvalue weighted by molar-refractivity contribution is 7.87. The number of amides is 1. The van der Waals surface area contributed by atoms with Crippen LogP contribution in [0, 0.1) is 25.2 Å². The van der Waals surface area contributed by atoms with Gasteiger partial charge in [0.25, 0.3) is 5.91 Å². The Hall–Kier alpha value is -3.80. The zero-order valence-corrected chi connectivity index (χ0v) is 20.2. The van der Waals surface area contributed by atoms with E-state index in [0.29, 0.717) is 11.3 Å². The third kappa shape index (κ3) is 5.95. The fraction of sp³-hybridized carbons (Fsp3) is 0.120. The van der Waals surface area contributed by atoms with E-state index in [1.807, 2.05) is 26.0 Å². The zero-order valence-electron chi connectivity index (χ0n) is 18.6. The van der Waals surface area contributed by atoms with Crippen LogP contribution in [0.5, 0.6) is 11.5 Å². The summed E-state index contributed by atoms with van der Waals surface area (Å²) in [5.41, 5.74) is 2.56. The molecule has 0 radical (unpaired) electrons. The van der Waals surface area contributed by atoms with Gasteiger partial charge < -0.3 is 14.2 Å². The molecule has 0 unspecified atom stereocenters. The molecule has 1 N–H and O–H groups in total. The minimum atomic E-state index is -4.17. The van der Waals surface area contributed by atoms with Crippen LogP contribution in [0.3, 0.4) is 0 Å². The summed E-state index contributed by atoms with van der Waals surface area (Å²) >= 11 is 6.30. The molecule has 0 saturated heterocycles. The lowest BCUT2D eigenvalue weighted by atomic mass is 10.1. The summed E-state index contributed by atoms with van der Waals surface area (Å²) in [7, 11) is -2.85. The minimum Gasteiger partial charge on any atom is -0.493 e. The van der Waals surface area contributed by atoms with Gasteiger partial charge in [0.2, 0.25) is 5.75 Å². The van der Waals surface area contributed by atoms with E-state index in [4.69, 9.17) is 20.5 Å².